The molecule has 1 aromatic rings. The highest BCUT2D eigenvalue weighted by molar-refractivity contribution is 5.73. The standard InChI is InChI=1S/C10H16N4O2/c1-7(10(15)16-3)6-14(2)9-8(11)12-4-5-13-9/h4-5,7H,6H2,1-3H3,(H2,11,12). The fraction of sp³-hybridized carbons (Fsp3) is 0.500. The number of hydrogen-bond donors (Lipinski definition) is 1. The molecule has 0 bridgehead atoms. The summed E-state index contributed by atoms with van der Waals surface area (Å²) in [6, 6.07) is 0. The molecule has 0 aliphatic heterocycles. The Bertz CT molecular complexity index is 370. The number of nitrogen functional groups attached to an aromatic ring is 1. The van der Waals surface area contributed by atoms with Gasteiger partial charge in [-0.15, -0.1) is 0 Å². The summed E-state index contributed by atoms with van der Waals surface area (Å²) in [6.45, 7) is 2.27. The molecule has 16 heavy (non-hydrogen) atoms. The summed E-state index contributed by atoms with van der Waals surface area (Å²) >= 11 is 0. The molecule has 0 spiro atoms. The number of carbonyl (C=O) groups excluding carboxylic acids is 1. The van der Waals surface area contributed by atoms with Crippen LogP contribution in [0.3, 0.4) is 0 Å². The van der Waals surface area contributed by atoms with Crippen molar-refractivity contribution in [3.63, 3.8) is 0 Å². The molecule has 0 aliphatic carbocycles. The molecule has 0 fully saturated rings. The Labute approximate surface area is 94.4 Å². The maximum atomic E-state index is 11.2. The fourth-order valence-corrected chi connectivity index (χ4v) is 1.41. The molecule has 6 nitrogen and oxygen atoms in total. The van der Waals surface area contributed by atoms with Gasteiger partial charge in [0, 0.05) is 26.0 Å². The highest BCUT2D eigenvalue weighted by Gasteiger charge is 2.17. The van der Waals surface area contributed by atoms with Crippen molar-refractivity contribution in [2.75, 3.05) is 31.3 Å². The van der Waals surface area contributed by atoms with Crippen molar-refractivity contribution in [3.05, 3.63) is 12.4 Å². The minimum Gasteiger partial charge on any atom is -0.469 e. The van der Waals surface area contributed by atoms with Crippen LogP contribution in [0.25, 0.3) is 0 Å². The predicted octanol–water partition coefficient (Wildman–Crippen LogP) is 0.304. The third kappa shape index (κ3) is 2.82. The molecular weight excluding hydrogens is 208 g/mol. The van der Waals surface area contributed by atoms with Crippen molar-refractivity contribution in [1.82, 2.24) is 9.97 Å². The lowest BCUT2D eigenvalue weighted by Crippen LogP contribution is -2.30. The van der Waals surface area contributed by atoms with E-state index in [1.807, 2.05) is 0 Å². The third-order valence-corrected chi connectivity index (χ3v) is 2.22. The lowest BCUT2D eigenvalue weighted by molar-refractivity contribution is -0.144. The quantitative estimate of drug-likeness (QED) is 0.741. The SMILES string of the molecule is COC(=O)C(C)CN(C)c1nccnc1N. The van der Waals surface area contributed by atoms with Crippen LogP contribution >= 0.6 is 0 Å². The Kier molecular flexibility index (Phi) is 4.04. The van der Waals surface area contributed by atoms with Crippen molar-refractivity contribution < 1.29 is 9.53 Å². The Balaban J connectivity index is 2.69. The van der Waals surface area contributed by atoms with Crippen molar-refractivity contribution >= 4 is 17.6 Å². The number of anilines is 2. The molecule has 1 rings (SSSR count). The second kappa shape index (κ2) is 5.29. The first-order valence-electron chi connectivity index (χ1n) is 4.91. The lowest BCUT2D eigenvalue weighted by Gasteiger charge is -2.21. The van der Waals surface area contributed by atoms with E-state index in [2.05, 4.69) is 14.7 Å². The third-order valence-electron chi connectivity index (χ3n) is 2.22. The average molecular weight is 224 g/mol. The number of hydrogen-bond acceptors (Lipinski definition) is 6. The molecular formula is C10H16N4O2. The molecule has 0 radical (unpaired) electrons. The maximum absolute atomic E-state index is 11.2. The Morgan fingerprint density at radius 2 is 2.19 bits per heavy atom. The van der Waals surface area contributed by atoms with E-state index < -0.39 is 0 Å². The molecule has 1 aromatic heterocycles. The summed E-state index contributed by atoms with van der Waals surface area (Å²) < 4.78 is 4.65. The van der Waals surface area contributed by atoms with Gasteiger partial charge < -0.3 is 15.4 Å². The summed E-state index contributed by atoms with van der Waals surface area (Å²) in [4.78, 5) is 21.1. The number of esters is 1. The van der Waals surface area contributed by atoms with Gasteiger partial charge >= 0.3 is 5.97 Å². The summed E-state index contributed by atoms with van der Waals surface area (Å²) in [7, 11) is 3.18. The van der Waals surface area contributed by atoms with Crippen molar-refractivity contribution in [2.24, 2.45) is 5.92 Å². The van der Waals surface area contributed by atoms with E-state index in [0.29, 0.717) is 18.2 Å². The molecule has 1 unspecified atom stereocenters. The van der Waals surface area contributed by atoms with E-state index in [1.54, 1.807) is 25.1 Å². The highest BCUT2D eigenvalue weighted by Crippen LogP contribution is 2.16. The molecule has 6 heteroatoms. The second-order valence-electron chi connectivity index (χ2n) is 3.57. The molecule has 1 heterocycles. The molecule has 1 atom stereocenters. The first kappa shape index (κ1) is 12.2. The van der Waals surface area contributed by atoms with Crippen molar-refractivity contribution in [2.45, 2.75) is 6.92 Å². The Hall–Kier alpha value is -1.85. The van der Waals surface area contributed by atoms with Crippen LogP contribution < -0.4 is 10.6 Å². The summed E-state index contributed by atoms with van der Waals surface area (Å²) in [6.07, 6.45) is 3.08. The van der Waals surface area contributed by atoms with Crippen LogP contribution in [0.5, 0.6) is 0 Å². The monoisotopic (exact) mass is 224 g/mol. The van der Waals surface area contributed by atoms with E-state index in [9.17, 15) is 4.79 Å². The molecule has 0 amide bonds. The number of rotatable bonds is 4. The summed E-state index contributed by atoms with van der Waals surface area (Å²) in [5.74, 6) is 0.422. The van der Waals surface area contributed by atoms with Crippen LogP contribution in [0.4, 0.5) is 11.6 Å². The van der Waals surface area contributed by atoms with Gasteiger partial charge in [0.2, 0.25) is 0 Å². The summed E-state index contributed by atoms with van der Waals surface area (Å²) in [5.41, 5.74) is 5.67. The zero-order chi connectivity index (χ0) is 12.1. The van der Waals surface area contributed by atoms with Gasteiger partial charge in [0.05, 0.1) is 13.0 Å². The average Bonchev–Trinajstić information content (AvgIpc) is 2.28. The maximum Gasteiger partial charge on any atom is 0.310 e. The van der Waals surface area contributed by atoms with Gasteiger partial charge in [-0.1, -0.05) is 6.92 Å². The second-order valence-corrected chi connectivity index (χ2v) is 3.57. The van der Waals surface area contributed by atoms with E-state index in [4.69, 9.17) is 5.73 Å². The van der Waals surface area contributed by atoms with Crippen molar-refractivity contribution in [3.8, 4) is 0 Å². The van der Waals surface area contributed by atoms with Gasteiger partial charge in [-0.2, -0.15) is 0 Å². The normalized spacial score (nSPS) is 11.9. The Morgan fingerprint density at radius 3 is 2.75 bits per heavy atom. The van der Waals surface area contributed by atoms with Crippen LogP contribution in [0.2, 0.25) is 0 Å². The van der Waals surface area contributed by atoms with E-state index in [-0.39, 0.29) is 11.9 Å². The van der Waals surface area contributed by atoms with Crippen LogP contribution in [-0.4, -0.2) is 36.6 Å². The number of ether oxygens (including phenoxy) is 1. The molecule has 0 saturated heterocycles. The van der Waals surface area contributed by atoms with E-state index >= 15 is 0 Å². The minimum atomic E-state index is -0.255. The first-order valence-corrected chi connectivity index (χ1v) is 4.91. The predicted molar refractivity (Wildman–Crippen MR) is 60.9 cm³/mol. The zero-order valence-corrected chi connectivity index (χ0v) is 9.67. The van der Waals surface area contributed by atoms with Crippen LogP contribution in [0.1, 0.15) is 6.92 Å². The molecule has 0 saturated carbocycles. The number of nitrogens with two attached hydrogens (primary N) is 1. The summed E-state index contributed by atoms with van der Waals surface area (Å²) in [5, 5.41) is 0. The minimum absolute atomic E-state index is 0.239. The molecule has 0 aromatic carbocycles. The van der Waals surface area contributed by atoms with Gasteiger partial charge in [-0.05, 0) is 0 Å². The topological polar surface area (TPSA) is 81.3 Å². The Morgan fingerprint density at radius 1 is 1.56 bits per heavy atom. The van der Waals surface area contributed by atoms with Gasteiger partial charge in [-0.3, -0.25) is 4.79 Å². The van der Waals surface area contributed by atoms with E-state index in [1.165, 1.54) is 13.3 Å². The first-order chi connectivity index (χ1) is 7.56. The zero-order valence-electron chi connectivity index (χ0n) is 9.67. The van der Waals surface area contributed by atoms with Crippen LogP contribution in [0.15, 0.2) is 12.4 Å². The van der Waals surface area contributed by atoms with Crippen LogP contribution in [-0.2, 0) is 9.53 Å². The largest absolute Gasteiger partial charge is 0.469 e. The number of aromatic nitrogens is 2. The van der Waals surface area contributed by atoms with Gasteiger partial charge in [0.25, 0.3) is 0 Å². The van der Waals surface area contributed by atoms with Gasteiger partial charge in [0.15, 0.2) is 11.6 Å². The number of nitrogens with zero attached hydrogens (tertiary/aromatic N) is 3. The fourth-order valence-electron chi connectivity index (χ4n) is 1.41. The molecule has 0 aliphatic rings. The highest BCUT2D eigenvalue weighted by atomic mass is 16.5. The lowest BCUT2D eigenvalue weighted by atomic mass is 10.2. The van der Waals surface area contributed by atoms with E-state index in [0.717, 1.165) is 0 Å². The van der Waals surface area contributed by atoms with Gasteiger partial charge in [0.1, 0.15) is 0 Å². The van der Waals surface area contributed by atoms with Gasteiger partial charge in [-0.25, -0.2) is 9.97 Å². The van der Waals surface area contributed by atoms with Crippen LogP contribution in [0, 0.1) is 5.92 Å². The molecule has 88 valence electrons. The smallest absolute Gasteiger partial charge is 0.310 e. The molecule has 2 N–H and O–H groups in total. The van der Waals surface area contributed by atoms with Crippen molar-refractivity contribution in [1.29, 1.82) is 0 Å². The number of carbonyl (C=O) groups is 1. The number of methoxy groups -OCH3 is 1.